The average Bonchev–Trinajstić information content (AvgIpc) is 3.07. The third-order valence-electron chi connectivity index (χ3n) is 4.74. The molecule has 3 atom stereocenters. The third kappa shape index (κ3) is 2.31. The molecular weight excluding hydrogens is 318 g/mol. The number of aromatic nitrogens is 1. The van der Waals surface area contributed by atoms with Crippen LogP contribution < -0.4 is 5.32 Å². The van der Waals surface area contributed by atoms with E-state index in [2.05, 4.69) is 44.6 Å². The maximum Gasteiger partial charge on any atom is 0.270 e. The van der Waals surface area contributed by atoms with Gasteiger partial charge in [0.1, 0.15) is 5.69 Å². The maximum atomic E-state index is 12.9. The normalized spacial score (nSPS) is 28.9. The molecule has 5 heteroatoms. The van der Waals surface area contributed by atoms with Gasteiger partial charge in [0, 0.05) is 42.9 Å². The van der Waals surface area contributed by atoms with Crippen LogP contribution >= 0.6 is 15.9 Å². The summed E-state index contributed by atoms with van der Waals surface area (Å²) in [6.45, 7) is 8.22. The van der Waals surface area contributed by atoms with Crippen LogP contribution in [0.5, 0.6) is 0 Å². The molecule has 0 radical (unpaired) electrons. The molecule has 2 aliphatic heterocycles. The van der Waals surface area contributed by atoms with Gasteiger partial charge in [-0.05, 0) is 47.2 Å². The number of carbonyl (C=O) groups is 1. The number of fused-ring (bicyclic) bond motifs is 1. The van der Waals surface area contributed by atoms with Gasteiger partial charge in [0.05, 0.1) is 0 Å². The van der Waals surface area contributed by atoms with E-state index in [4.69, 9.17) is 0 Å². The van der Waals surface area contributed by atoms with Gasteiger partial charge < -0.3 is 14.8 Å². The van der Waals surface area contributed by atoms with Crippen LogP contribution in [0.25, 0.3) is 0 Å². The largest absolute Gasteiger partial charge is 0.342 e. The van der Waals surface area contributed by atoms with E-state index in [-0.39, 0.29) is 5.91 Å². The molecule has 1 aromatic heterocycles. The molecule has 0 aliphatic carbocycles. The molecule has 20 heavy (non-hydrogen) atoms. The number of carbonyl (C=O) groups excluding carboxylic acids is 1. The number of likely N-dealkylation sites (tertiary alicyclic amines) is 1. The summed E-state index contributed by atoms with van der Waals surface area (Å²) in [5, 5.41) is 3.44. The van der Waals surface area contributed by atoms with Crippen LogP contribution in [-0.2, 0) is 6.54 Å². The molecule has 2 aliphatic rings. The molecule has 110 valence electrons. The Balaban J connectivity index is 1.82. The minimum absolute atomic E-state index is 0.186. The average molecular weight is 340 g/mol. The Labute approximate surface area is 128 Å². The van der Waals surface area contributed by atoms with Gasteiger partial charge in [0.25, 0.3) is 5.91 Å². The second-order valence-corrected chi connectivity index (χ2v) is 6.93. The van der Waals surface area contributed by atoms with E-state index < -0.39 is 0 Å². The van der Waals surface area contributed by atoms with Crippen LogP contribution in [0.2, 0.25) is 0 Å². The summed E-state index contributed by atoms with van der Waals surface area (Å²) >= 11 is 3.49. The number of aryl methyl sites for hydroxylation is 1. The van der Waals surface area contributed by atoms with Gasteiger partial charge in [-0.2, -0.15) is 0 Å². The Morgan fingerprint density at radius 2 is 2.30 bits per heavy atom. The topological polar surface area (TPSA) is 37.3 Å². The molecule has 0 bridgehead atoms. The first-order chi connectivity index (χ1) is 9.61. The fourth-order valence-electron chi connectivity index (χ4n) is 3.66. The molecule has 4 nitrogen and oxygen atoms in total. The van der Waals surface area contributed by atoms with Crippen molar-refractivity contribution in [2.45, 2.75) is 32.9 Å². The quantitative estimate of drug-likeness (QED) is 0.917. The molecule has 2 fully saturated rings. The van der Waals surface area contributed by atoms with Crippen molar-refractivity contribution in [3.8, 4) is 0 Å². The molecule has 1 N–H and O–H groups in total. The highest BCUT2D eigenvalue weighted by Gasteiger charge is 2.44. The molecule has 3 rings (SSSR count). The Kier molecular flexibility index (Phi) is 3.91. The molecule has 0 aromatic carbocycles. The van der Waals surface area contributed by atoms with E-state index >= 15 is 0 Å². The number of nitrogens with one attached hydrogen (secondary N) is 1. The molecule has 0 spiro atoms. The smallest absolute Gasteiger partial charge is 0.270 e. The van der Waals surface area contributed by atoms with Gasteiger partial charge in [0.15, 0.2) is 0 Å². The van der Waals surface area contributed by atoms with Crippen molar-refractivity contribution in [3.63, 3.8) is 0 Å². The zero-order valence-electron chi connectivity index (χ0n) is 12.1. The molecule has 3 heterocycles. The molecular formula is C15H22BrN3O. The van der Waals surface area contributed by atoms with E-state index in [0.717, 1.165) is 42.8 Å². The standard InChI is InChI=1S/C15H22BrN3O/c1-3-4-18-9-12(16)5-14(18)15(20)19-8-11-6-17-7-13(11)10(19)2/h5,9-11,13,17H,3-4,6-8H2,1-2H3. The van der Waals surface area contributed by atoms with Crippen molar-refractivity contribution < 1.29 is 4.79 Å². The summed E-state index contributed by atoms with van der Waals surface area (Å²) in [7, 11) is 0. The van der Waals surface area contributed by atoms with Crippen molar-refractivity contribution in [2.24, 2.45) is 11.8 Å². The molecule has 1 amide bonds. The van der Waals surface area contributed by atoms with Gasteiger partial charge in [-0.1, -0.05) is 6.92 Å². The first kappa shape index (κ1) is 14.1. The van der Waals surface area contributed by atoms with E-state index in [9.17, 15) is 4.79 Å². The van der Waals surface area contributed by atoms with E-state index in [0.29, 0.717) is 17.9 Å². The lowest BCUT2D eigenvalue weighted by atomic mass is 9.95. The van der Waals surface area contributed by atoms with Gasteiger partial charge in [-0.15, -0.1) is 0 Å². The highest BCUT2D eigenvalue weighted by Crippen LogP contribution is 2.33. The fourth-order valence-corrected chi connectivity index (χ4v) is 4.13. The lowest BCUT2D eigenvalue weighted by molar-refractivity contribution is 0.0717. The maximum absolute atomic E-state index is 12.9. The van der Waals surface area contributed by atoms with Crippen molar-refractivity contribution in [1.82, 2.24) is 14.8 Å². The van der Waals surface area contributed by atoms with Crippen LogP contribution in [0, 0.1) is 11.8 Å². The Bertz CT molecular complexity index is 513. The van der Waals surface area contributed by atoms with Gasteiger partial charge in [-0.25, -0.2) is 0 Å². The summed E-state index contributed by atoms with van der Waals surface area (Å²) in [4.78, 5) is 14.9. The number of nitrogens with zero attached hydrogens (tertiary/aromatic N) is 2. The van der Waals surface area contributed by atoms with Crippen LogP contribution in [0.1, 0.15) is 30.8 Å². The summed E-state index contributed by atoms with van der Waals surface area (Å²) in [6.07, 6.45) is 3.05. The van der Waals surface area contributed by atoms with Gasteiger partial charge in [0.2, 0.25) is 0 Å². The number of hydrogen-bond donors (Lipinski definition) is 1. The minimum atomic E-state index is 0.186. The van der Waals surface area contributed by atoms with Crippen molar-refractivity contribution in [2.75, 3.05) is 19.6 Å². The summed E-state index contributed by atoms with van der Waals surface area (Å²) in [5.41, 5.74) is 0.818. The monoisotopic (exact) mass is 339 g/mol. The first-order valence-corrected chi connectivity index (χ1v) is 8.28. The van der Waals surface area contributed by atoms with Gasteiger partial charge in [-0.3, -0.25) is 4.79 Å². The molecule has 2 saturated heterocycles. The number of halogens is 1. The lowest BCUT2D eigenvalue weighted by Gasteiger charge is -2.25. The van der Waals surface area contributed by atoms with Crippen LogP contribution in [0.3, 0.4) is 0 Å². The fraction of sp³-hybridized carbons (Fsp3) is 0.667. The number of hydrogen-bond acceptors (Lipinski definition) is 2. The predicted octanol–water partition coefficient (Wildman–Crippen LogP) is 2.34. The Hall–Kier alpha value is -0.810. The Morgan fingerprint density at radius 3 is 3.00 bits per heavy atom. The van der Waals surface area contributed by atoms with Crippen LogP contribution in [0.15, 0.2) is 16.7 Å². The van der Waals surface area contributed by atoms with Crippen LogP contribution in [-0.4, -0.2) is 41.1 Å². The van der Waals surface area contributed by atoms with E-state index in [1.54, 1.807) is 0 Å². The number of amides is 1. The Morgan fingerprint density at radius 1 is 1.50 bits per heavy atom. The number of rotatable bonds is 3. The van der Waals surface area contributed by atoms with Gasteiger partial charge >= 0.3 is 0 Å². The predicted molar refractivity (Wildman–Crippen MR) is 82.8 cm³/mol. The second kappa shape index (κ2) is 5.53. The van der Waals surface area contributed by atoms with Crippen molar-refractivity contribution >= 4 is 21.8 Å². The second-order valence-electron chi connectivity index (χ2n) is 6.02. The van der Waals surface area contributed by atoms with Crippen LogP contribution in [0.4, 0.5) is 0 Å². The summed E-state index contributed by atoms with van der Waals surface area (Å²) in [5.74, 6) is 1.44. The van der Waals surface area contributed by atoms with Crippen molar-refractivity contribution in [3.05, 3.63) is 22.4 Å². The van der Waals surface area contributed by atoms with E-state index in [1.807, 2.05) is 12.3 Å². The zero-order valence-corrected chi connectivity index (χ0v) is 13.7. The summed E-state index contributed by atoms with van der Waals surface area (Å²) in [6, 6.07) is 2.29. The highest BCUT2D eigenvalue weighted by atomic mass is 79.9. The van der Waals surface area contributed by atoms with E-state index in [1.165, 1.54) is 0 Å². The molecule has 1 aromatic rings. The molecule has 0 saturated carbocycles. The lowest BCUT2D eigenvalue weighted by Crippen LogP contribution is -2.39. The third-order valence-corrected chi connectivity index (χ3v) is 5.18. The first-order valence-electron chi connectivity index (χ1n) is 7.49. The highest BCUT2D eigenvalue weighted by molar-refractivity contribution is 9.10. The minimum Gasteiger partial charge on any atom is -0.342 e. The zero-order chi connectivity index (χ0) is 14.3. The molecule has 3 unspecified atom stereocenters. The van der Waals surface area contributed by atoms with Crippen molar-refractivity contribution in [1.29, 1.82) is 0 Å². The summed E-state index contributed by atoms with van der Waals surface area (Å²) < 4.78 is 3.06. The SMILES string of the molecule is CCCn1cc(Br)cc1C(=O)N1CC2CNCC2C1C.